The Hall–Kier alpha value is -1.56. The third-order valence-corrected chi connectivity index (χ3v) is 4.35. The Morgan fingerprint density at radius 2 is 2.11 bits per heavy atom. The molecule has 1 aromatic carbocycles. The second kappa shape index (κ2) is 7.13. The first-order chi connectivity index (χ1) is 8.93. The zero-order valence-corrected chi connectivity index (χ0v) is 11.6. The Kier molecular flexibility index (Phi) is 5.82. The Bertz CT molecular complexity index is 522. The summed E-state index contributed by atoms with van der Waals surface area (Å²) in [6, 6.07) is 6.81. The molecule has 0 saturated carbocycles. The van der Waals surface area contributed by atoms with Gasteiger partial charge in [0.15, 0.2) is 0 Å². The summed E-state index contributed by atoms with van der Waals surface area (Å²) in [7, 11) is -2.96. The van der Waals surface area contributed by atoms with Crippen molar-refractivity contribution in [3.63, 3.8) is 0 Å². The van der Waals surface area contributed by atoms with Gasteiger partial charge in [0.25, 0.3) is 0 Å². The van der Waals surface area contributed by atoms with Crippen molar-refractivity contribution in [3.05, 3.63) is 29.8 Å². The normalized spacial score (nSPS) is 11.2. The van der Waals surface area contributed by atoms with Crippen LogP contribution in [-0.2, 0) is 21.1 Å². The number of rotatable bonds is 8. The SMILES string of the molecule is CCS(=O)(=O)CCCOc1cccc(CC(=O)O)c1. The lowest BCUT2D eigenvalue weighted by Crippen LogP contribution is -2.11. The number of sulfone groups is 1. The quantitative estimate of drug-likeness (QED) is 0.733. The van der Waals surface area contributed by atoms with Crippen molar-refractivity contribution in [3.8, 4) is 5.75 Å². The average Bonchev–Trinajstić information content (AvgIpc) is 2.34. The first-order valence-electron chi connectivity index (χ1n) is 6.07. The highest BCUT2D eigenvalue weighted by Crippen LogP contribution is 2.14. The summed E-state index contributed by atoms with van der Waals surface area (Å²) in [5.74, 6) is -0.0850. The number of carboxylic acids is 1. The highest BCUT2D eigenvalue weighted by atomic mass is 32.2. The third kappa shape index (κ3) is 6.24. The maximum Gasteiger partial charge on any atom is 0.307 e. The number of hydrogen-bond acceptors (Lipinski definition) is 4. The van der Waals surface area contributed by atoms with E-state index in [9.17, 15) is 13.2 Å². The van der Waals surface area contributed by atoms with Crippen molar-refractivity contribution in [2.45, 2.75) is 19.8 Å². The van der Waals surface area contributed by atoms with Gasteiger partial charge < -0.3 is 9.84 Å². The molecule has 0 spiro atoms. The second-order valence-corrected chi connectivity index (χ2v) is 6.63. The fraction of sp³-hybridized carbons (Fsp3) is 0.462. The zero-order chi connectivity index (χ0) is 14.3. The van der Waals surface area contributed by atoms with E-state index in [2.05, 4.69) is 0 Å². The lowest BCUT2D eigenvalue weighted by atomic mass is 10.1. The zero-order valence-electron chi connectivity index (χ0n) is 10.8. The van der Waals surface area contributed by atoms with Crippen LogP contribution in [-0.4, -0.2) is 37.6 Å². The van der Waals surface area contributed by atoms with Crippen molar-refractivity contribution in [1.82, 2.24) is 0 Å². The molecule has 106 valence electrons. The molecule has 5 nitrogen and oxygen atoms in total. The van der Waals surface area contributed by atoms with Gasteiger partial charge in [-0.25, -0.2) is 8.42 Å². The summed E-state index contributed by atoms with van der Waals surface area (Å²) in [4.78, 5) is 10.6. The molecule has 1 N–H and O–H groups in total. The summed E-state index contributed by atoms with van der Waals surface area (Å²) in [6.07, 6.45) is 0.376. The summed E-state index contributed by atoms with van der Waals surface area (Å²) < 4.78 is 27.9. The highest BCUT2D eigenvalue weighted by Gasteiger charge is 2.07. The molecule has 0 aliphatic heterocycles. The van der Waals surface area contributed by atoms with Gasteiger partial charge in [-0.05, 0) is 24.1 Å². The number of hydrogen-bond donors (Lipinski definition) is 1. The first-order valence-corrected chi connectivity index (χ1v) is 7.89. The predicted octanol–water partition coefficient (Wildman–Crippen LogP) is 1.52. The number of carbonyl (C=O) groups is 1. The number of benzene rings is 1. The molecule has 0 aliphatic rings. The molecule has 0 aromatic heterocycles. The molecule has 0 bridgehead atoms. The van der Waals surface area contributed by atoms with Gasteiger partial charge in [-0.15, -0.1) is 0 Å². The molecule has 0 atom stereocenters. The minimum Gasteiger partial charge on any atom is -0.494 e. The molecule has 6 heteroatoms. The predicted molar refractivity (Wildman–Crippen MR) is 72.2 cm³/mol. The summed E-state index contributed by atoms with van der Waals surface area (Å²) >= 11 is 0. The van der Waals surface area contributed by atoms with E-state index >= 15 is 0 Å². The van der Waals surface area contributed by atoms with Crippen molar-refractivity contribution in [1.29, 1.82) is 0 Å². The van der Waals surface area contributed by atoms with Crippen LogP contribution in [0.15, 0.2) is 24.3 Å². The van der Waals surface area contributed by atoms with Crippen LogP contribution < -0.4 is 4.74 Å². The minimum atomic E-state index is -2.96. The lowest BCUT2D eigenvalue weighted by Gasteiger charge is -2.07. The van der Waals surface area contributed by atoms with Crippen molar-refractivity contribution >= 4 is 15.8 Å². The van der Waals surface area contributed by atoms with Gasteiger partial charge >= 0.3 is 5.97 Å². The smallest absolute Gasteiger partial charge is 0.307 e. The topological polar surface area (TPSA) is 80.7 Å². The van der Waals surface area contributed by atoms with Crippen molar-refractivity contribution in [2.24, 2.45) is 0 Å². The van der Waals surface area contributed by atoms with Gasteiger partial charge in [0, 0.05) is 5.75 Å². The van der Waals surface area contributed by atoms with Crippen molar-refractivity contribution < 1.29 is 23.1 Å². The molecular weight excluding hydrogens is 268 g/mol. The Balaban J connectivity index is 2.43. The molecule has 0 amide bonds. The molecule has 0 unspecified atom stereocenters. The minimum absolute atomic E-state index is 0.0542. The molecule has 0 radical (unpaired) electrons. The lowest BCUT2D eigenvalue weighted by molar-refractivity contribution is -0.136. The van der Waals surface area contributed by atoms with Crippen LogP contribution in [0.2, 0.25) is 0 Å². The molecule has 19 heavy (non-hydrogen) atoms. The van der Waals surface area contributed by atoms with Gasteiger partial charge in [0.1, 0.15) is 15.6 Å². The Labute approximate surface area is 113 Å². The number of ether oxygens (including phenoxy) is 1. The summed E-state index contributed by atoms with van der Waals surface area (Å²) in [5, 5.41) is 8.68. The van der Waals surface area contributed by atoms with E-state index in [0.29, 0.717) is 24.3 Å². The molecular formula is C13H18O5S. The van der Waals surface area contributed by atoms with Gasteiger partial charge in [-0.2, -0.15) is 0 Å². The Morgan fingerprint density at radius 1 is 1.37 bits per heavy atom. The number of carboxylic acid groups (broad SMARTS) is 1. The van der Waals surface area contributed by atoms with E-state index in [4.69, 9.17) is 9.84 Å². The van der Waals surface area contributed by atoms with Crippen LogP contribution in [0.4, 0.5) is 0 Å². The summed E-state index contributed by atoms with van der Waals surface area (Å²) in [6.45, 7) is 1.92. The second-order valence-electron chi connectivity index (χ2n) is 4.16. The van der Waals surface area contributed by atoms with E-state index in [-0.39, 0.29) is 17.9 Å². The average molecular weight is 286 g/mol. The van der Waals surface area contributed by atoms with Crippen LogP contribution in [0.25, 0.3) is 0 Å². The van der Waals surface area contributed by atoms with Gasteiger partial charge in [0.05, 0.1) is 18.8 Å². The largest absolute Gasteiger partial charge is 0.494 e. The number of aliphatic carboxylic acids is 1. The highest BCUT2D eigenvalue weighted by molar-refractivity contribution is 7.91. The van der Waals surface area contributed by atoms with Crippen LogP contribution in [0.1, 0.15) is 18.9 Å². The van der Waals surface area contributed by atoms with Crippen LogP contribution in [0.5, 0.6) is 5.75 Å². The fourth-order valence-electron chi connectivity index (χ4n) is 1.53. The van der Waals surface area contributed by atoms with Gasteiger partial charge in [0.2, 0.25) is 0 Å². The maximum atomic E-state index is 11.3. The van der Waals surface area contributed by atoms with Crippen molar-refractivity contribution in [2.75, 3.05) is 18.1 Å². The van der Waals surface area contributed by atoms with Crippen LogP contribution in [0.3, 0.4) is 0 Å². The third-order valence-electron chi connectivity index (χ3n) is 2.56. The van der Waals surface area contributed by atoms with E-state index in [1.807, 2.05) is 0 Å². The van der Waals surface area contributed by atoms with Gasteiger partial charge in [-0.1, -0.05) is 19.1 Å². The van der Waals surface area contributed by atoms with E-state index in [0.717, 1.165) is 0 Å². The van der Waals surface area contributed by atoms with Crippen LogP contribution >= 0.6 is 0 Å². The maximum absolute atomic E-state index is 11.3. The van der Waals surface area contributed by atoms with Crippen LogP contribution in [0, 0.1) is 0 Å². The molecule has 0 aliphatic carbocycles. The molecule has 0 saturated heterocycles. The monoisotopic (exact) mass is 286 g/mol. The van der Waals surface area contributed by atoms with E-state index in [1.54, 1.807) is 31.2 Å². The first kappa shape index (κ1) is 15.5. The summed E-state index contributed by atoms with van der Waals surface area (Å²) in [5.41, 5.74) is 0.658. The van der Waals surface area contributed by atoms with E-state index < -0.39 is 15.8 Å². The standard InChI is InChI=1S/C13H18O5S/c1-2-19(16,17)8-4-7-18-12-6-3-5-11(9-12)10-13(14)15/h3,5-6,9H,2,4,7-8,10H2,1H3,(H,14,15). The van der Waals surface area contributed by atoms with E-state index in [1.165, 1.54) is 0 Å². The van der Waals surface area contributed by atoms with Gasteiger partial charge in [-0.3, -0.25) is 4.79 Å². The molecule has 1 aromatic rings. The Morgan fingerprint density at radius 3 is 2.74 bits per heavy atom. The molecule has 0 fully saturated rings. The fourth-order valence-corrected chi connectivity index (χ4v) is 2.38. The molecule has 1 rings (SSSR count). The molecule has 0 heterocycles.